The summed E-state index contributed by atoms with van der Waals surface area (Å²) in [7, 11) is 3.25. The number of hydrogen-bond acceptors (Lipinski definition) is 4. The van der Waals surface area contributed by atoms with Gasteiger partial charge in [0.1, 0.15) is 11.5 Å². The number of anilines is 1. The van der Waals surface area contributed by atoms with Crippen molar-refractivity contribution in [2.24, 2.45) is 5.92 Å². The predicted molar refractivity (Wildman–Crippen MR) is 76.6 cm³/mol. The van der Waals surface area contributed by atoms with Crippen molar-refractivity contribution in [3.63, 3.8) is 0 Å². The topological polar surface area (TPSA) is 67.8 Å². The van der Waals surface area contributed by atoms with Crippen molar-refractivity contribution >= 4 is 11.7 Å². The van der Waals surface area contributed by atoms with Gasteiger partial charge in [0.25, 0.3) is 0 Å². The van der Waals surface area contributed by atoms with Crippen molar-refractivity contribution in [1.82, 2.24) is 0 Å². The van der Waals surface area contributed by atoms with Gasteiger partial charge in [0.15, 0.2) is 0 Å². The number of nitrogens with one attached hydrogen (secondary N) is 1. The third kappa shape index (κ3) is 3.35. The fourth-order valence-electron chi connectivity index (χ4n) is 2.62. The number of rotatable bonds is 5. The maximum absolute atomic E-state index is 10.9. The van der Waals surface area contributed by atoms with E-state index >= 15 is 0 Å². The van der Waals surface area contributed by atoms with Gasteiger partial charge in [0.2, 0.25) is 0 Å². The first kappa shape index (κ1) is 14.5. The van der Waals surface area contributed by atoms with Crippen molar-refractivity contribution in [2.75, 3.05) is 19.5 Å². The summed E-state index contributed by atoms with van der Waals surface area (Å²) in [6, 6.07) is 5.95. The summed E-state index contributed by atoms with van der Waals surface area (Å²) in [6.45, 7) is 0. The predicted octanol–water partition coefficient (Wildman–Crippen LogP) is 2.76. The molecule has 5 nitrogen and oxygen atoms in total. The van der Waals surface area contributed by atoms with Crippen LogP contribution in [0, 0.1) is 5.92 Å². The van der Waals surface area contributed by atoms with Crippen LogP contribution in [0.25, 0.3) is 0 Å². The zero-order valence-corrected chi connectivity index (χ0v) is 11.9. The van der Waals surface area contributed by atoms with Crippen molar-refractivity contribution < 1.29 is 19.4 Å². The molecule has 1 aromatic rings. The minimum absolute atomic E-state index is 0.189. The number of hydrogen-bond donors (Lipinski definition) is 2. The molecule has 1 saturated carbocycles. The van der Waals surface area contributed by atoms with Crippen molar-refractivity contribution in [2.45, 2.75) is 31.7 Å². The van der Waals surface area contributed by atoms with Gasteiger partial charge in [-0.05, 0) is 37.8 Å². The van der Waals surface area contributed by atoms with Crippen LogP contribution in [0.2, 0.25) is 0 Å². The van der Waals surface area contributed by atoms with E-state index in [0.29, 0.717) is 6.04 Å². The van der Waals surface area contributed by atoms with Gasteiger partial charge in [-0.3, -0.25) is 4.79 Å². The summed E-state index contributed by atoms with van der Waals surface area (Å²) in [5.41, 5.74) is 0.923. The molecule has 0 atom stereocenters. The Kier molecular flexibility index (Phi) is 4.71. The fourth-order valence-corrected chi connectivity index (χ4v) is 2.62. The molecule has 110 valence electrons. The molecule has 2 N–H and O–H groups in total. The molecule has 0 amide bonds. The minimum atomic E-state index is -0.675. The molecular weight excluding hydrogens is 258 g/mol. The third-order valence-corrected chi connectivity index (χ3v) is 3.84. The van der Waals surface area contributed by atoms with Crippen LogP contribution in [0.4, 0.5) is 5.69 Å². The first-order valence-corrected chi connectivity index (χ1v) is 6.85. The average Bonchev–Trinajstić information content (AvgIpc) is 2.48. The molecule has 0 saturated heterocycles. The fraction of sp³-hybridized carbons (Fsp3) is 0.533. The molecule has 1 aliphatic carbocycles. The Hall–Kier alpha value is -1.91. The Morgan fingerprint density at radius 3 is 2.45 bits per heavy atom. The van der Waals surface area contributed by atoms with Crippen LogP contribution in [-0.2, 0) is 4.79 Å². The Bertz CT molecular complexity index is 467. The Morgan fingerprint density at radius 2 is 1.90 bits per heavy atom. The second-order valence-corrected chi connectivity index (χ2v) is 5.10. The molecule has 1 aliphatic rings. The second kappa shape index (κ2) is 6.50. The number of carboxylic acid groups (broad SMARTS) is 1. The molecule has 2 rings (SSSR count). The quantitative estimate of drug-likeness (QED) is 0.867. The van der Waals surface area contributed by atoms with Gasteiger partial charge < -0.3 is 19.9 Å². The summed E-state index contributed by atoms with van der Waals surface area (Å²) in [6.07, 6.45) is 3.19. The maximum atomic E-state index is 10.9. The van der Waals surface area contributed by atoms with Gasteiger partial charge in [0, 0.05) is 12.1 Å². The summed E-state index contributed by atoms with van der Waals surface area (Å²) in [4.78, 5) is 10.9. The molecule has 0 aromatic heterocycles. The number of ether oxygens (including phenoxy) is 2. The van der Waals surface area contributed by atoms with Crippen LogP contribution in [0.1, 0.15) is 25.7 Å². The highest BCUT2D eigenvalue weighted by Gasteiger charge is 2.26. The second-order valence-electron chi connectivity index (χ2n) is 5.10. The number of carboxylic acids is 1. The van der Waals surface area contributed by atoms with Gasteiger partial charge in [-0.25, -0.2) is 0 Å². The van der Waals surface area contributed by atoms with E-state index < -0.39 is 5.97 Å². The molecule has 20 heavy (non-hydrogen) atoms. The van der Waals surface area contributed by atoms with E-state index in [0.717, 1.165) is 42.9 Å². The normalized spacial score (nSPS) is 22.1. The average molecular weight is 279 g/mol. The number of carbonyl (C=O) groups is 1. The Balaban J connectivity index is 1.99. The van der Waals surface area contributed by atoms with Crippen LogP contribution >= 0.6 is 0 Å². The Labute approximate surface area is 118 Å². The third-order valence-electron chi connectivity index (χ3n) is 3.84. The molecule has 0 aliphatic heterocycles. The molecule has 0 unspecified atom stereocenters. The molecule has 0 heterocycles. The van der Waals surface area contributed by atoms with Gasteiger partial charge in [-0.1, -0.05) is 0 Å². The van der Waals surface area contributed by atoms with E-state index in [4.69, 9.17) is 14.6 Å². The van der Waals surface area contributed by atoms with Crippen LogP contribution < -0.4 is 14.8 Å². The highest BCUT2D eigenvalue weighted by atomic mass is 16.5. The lowest BCUT2D eigenvalue weighted by molar-refractivity contribution is -0.142. The van der Waals surface area contributed by atoms with E-state index in [2.05, 4.69) is 5.32 Å². The molecule has 1 fully saturated rings. The largest absolute Gasteiger partial charge is 0.497 e. The monoisotopic (exact) mass is 279 g/mol. The lowest BCUT2D eigenvalue weighted by Crippen LogP contribution is -2.29. The van der Waals surface area contributed by atoms with Crippen molar-refractivity contribution in [3.05, 3.63) is 18.2 Å². The summed E-state index contributed by atoms with van der Waals surface area (Å²) >= 11 is 0. The molecule has 1 aromatic carbocycles. The molecule has 0 bridgehead atoms. The van der Waals surface area contributed by atoms with Gasteiger partial charge in [-0.2, -0.15) is 0 Å². The van der Waals surface area contributed by atoms with Crippen LogP contribution in [0.5, 0.6) is 11.5 Å². The molecular formula is C15H21NO4. The SMILES string of the molecule is COc1ccc(NC2CCC(C(=O)O)CC2)c(OC)c1. The van der Waals surface area contributed by atoms with Crippen LogP contribution in [-0.4, -0.2) is 31.3 Å². The van der Waals surface area contributed by atoms with E-state index in [1.807, 2.05) is 18.2 Å². The van der Waals surface area contributed by atoms with Gasteiger partial charge >= 0.3 is 5.97 Å². The number of aliphatic carboxylic acids is 1. The van der Waals surface area contributed by atoms with E-state index in [9.17, 15) is 4.79 Å². The van der Waals surface area contributed by atoms with E-state index in [1.165, 1.54) is 0 Å². The smallest absolute Gasteiger partial charge is 0.306 e. The Morgan fingerprint density at radius 1 is 1.20 bits per heavy atom. The standard InChI is InChI=1S/C15H21NO4/c1-19-12-7-8-13(14(9-12)20-2)16-11-5-3-10(4-6-11)15(17)18/h7-11,16H,3-6H2,1-2H3,(H,17,18). The van der Waals surface area contributed by atoms with Crippen molar-refractivity contribution in [3.8, 4) is 11.5 Å². The maximum Gasteiger partial charge on any atom is 0.306 e. The van der Waals surface area contributed by atoms with Crippen LogP contribution in [0.15, 0.2) is 18.2 Å². The van der Waals surface area contributed by atoms with Gasteiger partial charge in [0.05, 0.1) is 25.8 Å². The lowest BCUT2D eigenvalue weighted by Gasteiger charge is -2.28. The van der Waals surface area contributed by atoms with E-state index in [1.54, 1.807) is 14.2 Å². The molecule has 0 spiro atoms. The zero-order chi connectivity index (χ0) is 14.5. The van der Waals surface area contributed by atoms with E-state index in [-0.39, 0.29) is 5.92 Å². The highest BCUT2D eigenvalue weighted by molar-refractivity contribution is 5.70. The highest BCUT2D eigenvalue weighted by Crippen LogP contribution is 2.32. The van der Waals surface area contributed by atoms with Gasteiger partial charge in [-0.15, -0.1) is 0 Å². The first-order valence-electron chi connectivity index (χ1n) is 6.85. The summed E-state index contributed by atoms with van der Waals surface area (Å²) in [5.74, 6) is 0.628. The van der Waals surface area contributed by atoms with Crippen molar-refractivity contribution in [1.29, 1.82) is 0 Å². The number of benzene rings is 1. The zero-order valence-electron chi connectivity index (χ0n) is 11.9. The summed E-state index contributed by atoms with van der Waals surface area (Å²) < 4.78 is 10.5. The lowest BCUT2D eigenvalue weighted by atomic mass is 9.86. The molecule has 0 radical (unpaired) electrons. The molecule has 5 heteroatoms. The van der Waals surface area contributed by atoms with Crippen LogP contribution in [0.3, 0.4) is 0 Å². The minimum Gasteiger partial charge on any atom is -0.497 e. The number of methoxy groups -OCH3 is 2. The first-order chi connectivity index (χ1) is 9.63. The summed E-state index contributed by atoms with van der Waals surface area (Å²) in [5, 5.41) is 12.4.